The maximum atomic E-state index is 13.7. The zero-order chi connectivity index (χ0) is 27.8. The minimum atomic E-state index is -2.88. The molecule has 40 heavy (non-hydrogen) atoms. The molecular formula is C29H25ClF2N6O2. The van der Waals surface area contributed by atoms with Gasteiger partial charge in [-0.05, 0) is 74.1 Å². The van der Waals surface area contributed by atoms with Crippen molar-refractivity contribution in [2.75, 3.05) is 0 Å². The fourth-order valence-electron chi connectivity index (χ4n) is 5.51. The zero-order valence-corrected chi connectivity index (χ0v) is 22.1. The highest BCUT2D eigenvalue weighted by molar-refractivity contribution is 6.30. The highest BCUT2D eigenvalue weighted by atomic mass is 35.5. The minimum Gasteiger partial charge on any atom is -0.349 e. The van der Waals surface area contributed by atoms with Gasteiger partial charge >= 0.3 is 5.69 Å². The van der Waals surface area contributed by atoms with Gasteiger partial charge in [0.2, 0.25) is 0 Å². The molecule has 1 aliphatic carbocycles. The van der Waals surface area contributed by atoms with E-state index < -0.39 is 18.0 Å². The van der Waals surface area contributed by atoms with Crippen molar-refractivity contribution in [3.8, 4) is 5.69 Å². The molecule has 0 radical (unpaired) electrons. The van der Waals surface area contributed by atoms with E-state index in [-0.39, 0.29) is 28.2 Å². The Morgan fingerprint density at radius 1 is 1.02 bits per heavy atom. The Bertz CT molecular complexity index is 1780. The molecule has 0 bridgehead atoms. The summed E-state index contributed by atoms with van der Waals surface area (Å²) in [7, 11) is 0. The molecule has 5 aromatic rings. The van der Waals surface area contributed by atoms with E-state index >= 15 is 0 Å². The smallest absolute Gasteiger partial charge is 0.334 e. The Labute approximate surface area is 232 Å². The number of halogens is 3. The monoisotopic (exact) mass is 562 g/mol. The highest BCUT2D eigenvalue weighted by Crippen LogP contribution is 2.29. The van der Waals surface area contributed by atoms with E-state index in [2.05, 4.69) is 20.3 Å². The van der Waals surface area contributed by atoms with Crippen molar-refractivity contribution in [1.82, 2.24) is 29.4 Å². The van der Waals surface area contributed by atoms with Crippen molar-refractivity contribution in [3.63, 3.8) is 0 Å². The summed E-state index contributed by atoms with van der Waals surface area (Å²) < 4.78 is 30.1. The Hall–Kier alpha value is -4.18. The lowest BCUT2D eigenvalue weighted by molar-refractivity contribution is 0.0904. The standard InChI is InChI=1S/C29H25ClF2N6O2/c30-19-14-22(25(26(31)32)35-15-19)28(39)36-20-7-5-17(6-8-20)16-37-24-4-2-12-34-27(24)38(29(37)40)21-9-10-23-18(13-21)3-1-11-33-23/h1-4,9-15,17,20,26H,5-8,16H2,(H,36,39)/t17-,20-. The average Bonchev–Trinajstić information content (AvgIpc) is 3.24. The van der Waals surface area contributed by atoms with Crippen LogP contribution >= 0.6 is 11.6 Å². The Morgan fingerprint density at radius 3 is 2.60 bits per heavy atom. The third-order valence-electron chi connectivity index (χ3n) is 7.49. The quantitative estimate of drug-likeness (QED) is 0.286. The van der Waals surface area contributed by atoms with Crippen molar-refractivity contribution in [1.29, 1.82) is 0 Å². The van der Waals surface area contributed by atoms with Crippen molar-refractivity contribution < 1.29 is 13.6 Å². The number of nitrogens with zero attached hydrogens (tertiary/aromatic N) is 5. The minimum absolute atomic E-state index is 0.123. The summed E-state index contributed by atoms with van der Waals surface area (Å²) >= 11 is 5.90. The summed E-state index contributed by atoms with van der Waals surface area (Å²) in [6.07, 6.45) is 4.50. The predicted octanol–water partition coefficient (Wildman–Crippen LogP) is 5.71. The predicted molar refractivity (Wildman–Crippen MR) is 148 cm³/mol. The molecule has 11 heteroatoms. The fraction of sp³-hybridized carbons (Fsp3) is 0.276. The van der Waals surface area contributed by atoms with Crippen molar-refractivity contribution in [3.05, 3.63) is 93.9 Å². The molecule has 1 aromatic carbocycles. The van der Waals surface area contributed by atoms with Crippen molar-refractivity contribution in [2.45, 2.75) is 44.7 Å². The molecule has 1 saturated carbocycles. The number of alkyl halides is 2. The van der Waals surface area contributed by atoms with Crippen LogP contribution in [0.2, 0.25) is 5.02 Å². The number of carbonyl (C=O) groups excluding carboxylic acids is 1. The van der Waals surface area contributed by atoms with Crippen LogP contribution in [0.3, 0.4) is 0 Å². The fourth-order valence-corrected chi connectivity index (χ4v) is 5.67. The highest BCUT2D eigenvalue weighted by Gasteiger charge is 2.27. The van der Waals surface area contributed by atoms with E-state index in [0.29, 0.717) is 25.0 Å². The van der Waals surface area contributed by atoms with E-state index in [0.717, 1.165) is 41.1 Å². The third-order valence-corrected chi connectivity index (χ3v) is 7.70. The van der Waals surface area contributed by atoms with Gasteiger partial charge in [-0.2, -0.15) is 0 Å². The second-order valence-electron chi connectivity index (χ2n) is 10.0. The first-order valence-corrected chi connectivity index (χ1v) is 13.4. The van der Waals surface area contributed by atoms with Gasteiger partial charge in [-0.15, -0.1) is 0 Å². The number of hydrogen-bond acceptors (Lipinski definition) is 5. The van der Waals surface area contributed by atoms with Crippen LogP contribution in [-0.2, 0) is 6.54 Å². The van der Waals surface area contributed by atoms with Gasteiger partial charge in [0.1, 0.15) is 5.69 Å². The van der Waals surface area contributed by atoms with Crippen LogP contribution in [0.4, 0.5) is 8.78 Å². The van der Waals surface area contributed by atoms with Gasteiger partial charge in [-0.25, -0.2) is 23.1 Å². The van der Waals surface area contributed by atoms with Crippen LogP contribution in [-0.4, -0.2) is 36.0 Å². The lowest BCUT2D eigenvalue weighted by atomic mass is 9.85. The van der Waals surface area contributed by atoms with Crippen molar-refractivity contribution in [2.24, 2.45) is 5.92 Å². The summed E-state index contributed by atoms with van der Waals surface area (Å²) in [6.45, 7) is 0.511. The topological polar surface area (TPSA) is 94.7 Å². The van der Waals surface area contributed by atoms with Gasteiger partial charge < -0.3 is 5.32 Å². The number of nitrogens with one attached hydrogen (secondary N) is 1. The second-order valence-corrected chi connectivity index (χ2v) is 10.5. The third kappa shape index (κ3) is 4.95. The van der Waals surface area contributed by atoms with Crippen LogP contribution in [0.15, 0.2) is 71.9 Å². The summed E-state index contributed by atoms with van der Waals surface area (Å²) in [4.78, 5) is 39.0. The molecule has 0 saturated heterocycles. The van der Waals surface area contributed by atoms with E-state index in [1.807, 2.05) is 42.5 Å². The van der Waals surface area contributed by atoms with Crippen LogP contribution in [0.25, 0.3) is 27.8 Å². The zero-order valence-electron chi connectivity index (χ0n) is 21.3. The van der Waals surface area contributed by atoms with Crippen LogP contribution in [0.1, 0.15) is 48.2 Å². The molecule has 0 atom stereocenters. The van der Waals surface area contributed by atoms with Gasteiger partial charge in [0, 0.05) is 36.6 Å². The number of fused-ring (bicyclic) bond motifs is 2. The molecule has 4 heterocycles. The summed E-state index contributed by atoms with van der Waals surface area (Å²) in [5.74, 6) is -0.403. The first kappa shape index (κ1) is 26.1. The average molecular weight is 563 g/mol. The number of hydrogen-bond donors (Lipinski definition) is 1. The largest absolute Gasteiger partial charge is 0.349 e. The Balaban J connectivity index is 1.19. The number of pyridine rings is 3. The second kappa shape index (κ2) is 10.8. The number of aromatic nitrogens is 5. The maximum Gasteiger partial charge on any atom is 0.334 e. The van der Waals surface area contributed by atoms with Crippen molar-refractivity contribution >= 4 is 39.6 Å². The van der Waals surface area contributed by atoms with Crippen LogP contribution < -0.4 is 11.0 Å². The molecule has 1 N–H and O–H groups in total. The molecule has 0 spiro atoms. The van der Waals surface area contributed by atoms with Crippen LogP contribution in [0, 0.1) is 5.92 Å². The number of amides is 1. The van der Waals surface area contributed by atoms with Gasteiger partial charge in [0.05, 0.1) is 27.3 Å². The molecule has 1 amide bonds. The molecule has 1 fully saturated rings. The Kier molecular flexibility index (Phi) is 7.02. The normalized spacial score (nSPS) is 17.5. The molecule has 8 nitrogen and oxygen atoms in total. The Morgan fingerprint density at radius 2 is 1.80 bits per heavy atom. The van der Waals surface area contributed by atoms with Crippen LogP contribution in [0.5, 0.6) is 0 Å². The molecule has 0 unspecified atom stereocenters. The molecule has 4 aromatic heterocycles. The van der Waals surface area contributed by atoms with Gasteiger partial charge in [0.15, 0.2) is 5.65 Å². The number of rotatable bonds is 6. The maximum absolute atomic E-state index is 13.7. The molecule has 204 valence electrons. The molecular weight excluding hydrogens is 538 g/mol. The molecule has 1 aliphatic rings. The lowest BCUT2D eigenvalue weighted by Crippen LogP contribution is -2.39. The number of benzene rings is 1. The first-order valence-electron chi connectivity index (χ1n) is 13.0. The first-order chi connectivity index (χ1) is 19.4. The summed E-state index contributed by atoms with van der Waals surface area (Å²) in [5.41, 5.74) is 1.95. The van der Waals surface area contributed by atoms with E-state index in [4.69, 9.17) is 11.6 Å². The summed E-state index contributed by atoms with van der Waals surface area (Å²) in [5, 5.41) is 3.92. The molecule has 0 aliphatic heterocycles. The number of imidazole rings is 1. The van der Waals surface area contributed by atoms with Gasteiger partial charge in [-0.1, -0.05) is 17.7 Å². The van der Waals surface area contributed by atoms with E-state index in [1.54, 1.807) is 21.5 Å². The van der Waals surface area contributed by atoms with Gasteiger partial charge in [0.25, 0.3) is 12.3 Å². The van der Waals surface area contributed by atoms with Gasteiger partial charge in [-0.3, -0.25) is 19.3 Å². The lowest BCUT2D eigenvalue weighted by Gasteiger charge is -2.29. The molecule has 6 rings (SSSR count). The SMILES string of the molecule is O=C(N[C@H]1CC[C@H](Cn2c(=O)n(-c3ccc4ncccc4c3)c3ncccc32)CC1)c1cc(Cl)cnc1C(F)F. The summed E-state index contributed by atoms with van der Waals surface area (Å²) in [6, 6.07) is 14.3. The van der Waals surface area contributed by atoms with E-state index in [1.165, 1.54) is 6.07 Å². The van der Waals surface area contributed by atoms with E-state index in [9.17, 15) is 18.4 Å². The number of carbonyl (C=O) groups is 1.